The van der Waals surface area contributed by atoms with Crippen LogP contribution >= 0.6 is 11.6 Å². The molecule has 2 amide bonds. The molecule has 0 spiro atoms. The number of amides is 2. The van der Waals surface area contributed by atoms with Crippen molar-refractivity contribution >= 4 is 40.4 Å². The molecule has 0 atom stereocenters. The summed E-state index contributed by atoms with van der Waals surface area (Å²) in [4.78, 5) is 25.9. The van der Waals surface area contributed by atoms with Crippen LogP contribution in [0.4, 0.5) is 11.4 Å². The Balaban J connectivity index is 1.93. The van der Waals surface area contributed by atoms with Crippen LogP contribution in [0.2, 0.25) is 5.02 Å². The number of carbonyl (C=O) groups is 2. The van der Waals surface area contributed by atoms with E-state index in [1.165, 1.54) is 11.0 Å². The topological polar surface area (TPSA) is 49.4 Å². The summed E-state index contributed by atoms with van der Waals surface area (Å²) in [7, 11) is 0. The molecule has 0 bridgehead atoms. The molecule has 0 saturated carbocycles. The molecule has 0 aromatic heterocycles. The van der Waals surface area contributed by atoms with Crippen LogP contribution in [0.1, 0.15) is 12.5 Å². The number of nitrogens with one attached hydrogen (secondary N) is 1. The lowest BCUT2D eigenvalue weighted by atomic mass is 10.1. The summed E-state index contributed by atoms with van der Waals surface area (Å²) < 4.78 is 0. The smallest absolute Gasteiger partial charge is 0.251 e. The van der Waals surface area contributed by atoms with Crippen LogP contribution in [-0.4, -0.2) is 18.4 Å². The summed E-state index contributed by atoms with van der Waals surface area (Å²) in [5, 5.41) is 3.35. The number of carbonyl (C=O) groups excluding carboxylic acids is 2. The number of hydrogen-bond donors (Lipinski definition) is 1. The number of anilines is 2. The van der Waals surface area contributed by atoms with E-state index >= 15 is 0 Å². The quantitative estimate of drug-likeness (QED) is 0.855. The molecule has 1 aliphatic rings. The molecule has 1 heterocycles. The number of rotatable bonds is 2. The average molecular weight is 327 g/mol. The van der Waals surface area contributed by atoms with Gasteiger partial charge in [-0.1, -0.05) is 41.9 Å². The predicted octanol–water partition coefficient (Wildman–Crippen LogP) is 3.73. The lowest BCUT2D eigenvalue weighted by molar-refractivity contribution is -0.119. The van der Waals surface area contributed by atoms with Crippen LogP contribution in [-0.2, 0) is 9.59 Å². The molecular formula is C18H15ClN2O2. The first-order chi connectivity index (χ1) is 11.1. The first kappa shape index (κ1) is 15.3. The standard InChI is InChI=1S/C18H15ClN2O2/c1-12(13-6-2-3-7-14(13)19)10-18(23)21-11-17(22)20-15-8-4-5-9-16(15)21/h2-10H,11H2,1H3,(H,20,22). The molecule has 5 heteroatoms. The Morgan fingerprint density at radius 3 is 2.65 bits per heavy atom. The maximum atomic E-state index is 12.6. The van der Waals surface area contributed by atoms with Crippen LogP contribution < -0.4 is 10.2 Å². The number of nitrogens with zero attached hydrogens (tertiary/aromatic N) is 1. The van der Waals surface area contributed by atoms with E-state index in [1.54, 1.807) is 12.1 Å². The Morgan fingerprint density at radius 1 is 1.17 bits per heavy atom. The van der Waals surface area contributed by atoms with Gasteiger partial charge in [-0.05, 0) is 36.3 Å². The summed E-state index contributed by atoms with van der Waals surface area (Å²) in [6.07, 6.45) is 1.51. The molecule has 0 aliphatic carbocycles. The minimum absolute atomic E-state index is 0.00213. The van der Waals surface area contributed by atoms with Gasteiger partial charge >= 0.3 is 0 Å². The Labute approximate surface area is 139 Å². The number of para-hydroxylation sites is 2. The highest BCUT2D eigenvalue weighted by Gasteiger charge is 2.25. The van der Waals surface area contributed by atoms with Gasteiger partial charge in [-0.15, -0.1) is 0 Å². The van der Waals surface area contributed by atoms with Crippen molar-refractivity contribution in [3.05, 3.63) is 65.2 Å². The number of halogens is 1. The molecule has 0 radical (unpaired) electrons. The Bertz CT molecular complexity index is 814. The van der Waals surface area contributed by atoms with Crippen LogP contribution in [0, 0.1) is 0 Å². The average Bonchev–Trinajstić information content (AvgIpc) is 2.54. The molecule has 0 fully saturated rings. The zero-order chi connectivity index (χ0) is 16.4. The Hall–Kier alpha value is -2.59. The van der Waals surface area contributed by atoms with Crippen molar-refractivity contribution in [3.8, 4) is 0 Å². The highest BCUT2D eigenvalue weighted by molar-refractivity contribution is 6.32. The van der Waals surface area contributed by atoms with Crippen molar-refractivity contribution in [1.29, 1.82) is 0 Å². The van der Waals surface area contributed by atoms with Crippen molar-refractivity contribution in [1.82, 2.24) is 0 Å². The van der Waals surface area contributed by atoms with Gasteiger partial charge in [0.2, 0.25) is 5.91 Å². The zero-order valence-corrected chi connectivity index (χ0v) is 13.3. The van der Waals surface area contributed by atoms with Gasteiger partial charge in [0.15, 0.2) is 0 Å². The van der Waals surface area contributed by atoms with Crippen molar-refractivity contribution in [2.75, 3.05) is 16.8 Å². The second-order valence-corrected chi connectivity index (χ2v) is 5.70. The van der Waals surface area contributed by atoms with Crippen molar-refractivity contribution in [2.24, 2.45) is 0 Å². The number of benzene rings is 2. The fourth-order valence-corrected chi connectivity index (χ4v) is 2.84. The Morgan fingerprint density at radius 2 is 1.87 bits per heavy atom. The first-order valence-corrected chi connectivity index (χ1v) is 7.57. The van der Waals surface area contributed by atoms with Crippen LogP contribution in [0.15, 0.2) is 54.6 Å². The lowest BCUT2D eigenvalue weighted by Crippen LogP contribution is -2.41. The van der Waals surface area contributed by atoms with Gasteiger partial charge < -0.3 is 5.32 Å². The van der Waals surface area contributed by atoms with E-state index in [0.717, 1.165) is 11.1 Å². The molecule has 2 aromatic carbocycles. The molecule has 0 unspecified atom stereocenters. The largest absolute Gasteiger partial charge is 0.323 e. The normalized spacial score (nSPS) is 14.3. The van der Waals surface area contributed by atoms with Crippen molar-refractivity contribution < 1.29 is 9.59 Å². The maximum absolute atomic E-state index is 12.6. The van der Waals surface area contributed by atoms with Gasteiger partial charge in [0.1, 0.15) is 6.54 Å². The van der Waals surface area contributed by atoms with Crippen LogP contribution in [0.25, 0.3) is 5.57 Å². The fraction of sp³-hybridized carbons (Fsp3) is 0.111. The van der Waals surface area contributed by atoms with Gasteiger partial charge in [-0.25, -0.2) is 0 Å². The Kier molecular flexibility index (Phi) is 4.17. The van der Waals surface area contributed by atoms with Gasteiger partial charge in [0, 0.05) is 11.1 Å². The minimum Gasteiger partial charge on any atom is -0.323 e. The number of allylic oxidation sites excluding steroid dienone is 1. The summed E-state index contributed by atoms with van der Waals surface area (Å²) in [6.45, 7) is 1.83. The monoisotopic (exact) mass is 326 g/mol. The van der Waals surface area contributed by atoms with E-state index in [-0.39, 0.29) is 18.4 Å². The first-order valence-electron chi connectivity index (χ1n) is 7.20. The third-order valence-electron chi connectivity index (χ3n) is 3.68. The molecule has 4 nitrogen and oxygen atoms in total. The molecular weight excluding hydrogens is 312 g/mol. The molecule has 23 heavy (non-hydrogen) atoms. The highest BCUT2D eigenvalue weighted by Crippen LogP contribution is 2.30. The van der Waals surface area contributed by atoms with E-state index in [4.69, 9.17) is 11.6 Å². The summed E-state index contributed by atoms with van der Waals surface area (Å²) in [5.41, 5.74) is 2.89. The lowest BCUT2D eigenvalue weighted by Gasteiger charge is -2.28. The molecule has 116 valence electrons. The summed E-state index contributed by atoms with van der Waals surface area (Å²) in [6, 6.07) is 14.6. The molecule has 1 aliphatic heterocycles. The third-order valence-corrected chi connectivity index (χ3v) is 4.00. The second-order valence-electron chi connectivity index (χ2n) is 5.30. The summed E-state index contributed by atoms with van der Waals surface area (Å²) in [5.74, 6) is -0.453. The van der Waals surface area contributed by atoms with E-state index < -0.39 is 0 Å². The van der Waals surface area contributed by atoms with Crippen molar-refractivity contribution in [3.63, 3.8) is 0 Å². The van der Waals surface area contributed by atoms with Gasteiger partial charge in [-0.2, -0.15) is 0 Å². The van der Waals surface area contributed by atoms with Gasteiger partial charge in [0.05, 0.1) is 11.4 Å². The third kappa shape index (κ3) is 3.12. The molecule has 0 saturated heterocycles. The minimum atomic E-state index is -0.246. The zero-order valence-electron chi connectivity index (χ0n) is 12.5. The molecule has 1 N–H and O–H groups in total. The van der Waals surface area contributed by atoms with Crippen molar-refractivity contribution in [2.45, 2.75) is 6.92 Å². The fourth-order valence-electron chi connectivity index (χ4n) is 2.55. The number of fused-ring (bicyclic) bond motifs is 1. The molecule has 2 aromatic rings. The van der Waals surface area contributed by atoms with Crippen LogP contribution in [0.3, 0.4) is 0 Å². The number of hydrogen-bond acceptors (Lipinski definition) is 2. The van der Waals surface area contributed by atoms with Crippen LogP contribution in [0.5, 0.6) is 0 Å². The van der Waals surface area contributed by atoms with E-state index in [9.17, 15) is 9.59 Å². The predicted molar refractivity (Wildman–Crippen MR) is 92.5 cm³/mol. The van der Waals surface area contributed by atoms with E-state index in [2.05, 4.69) is 5.32 Å². The maximum Gasteiger partial charge on any atom is 0.251 e. The second kappa shape index (κ2) is 6.26. The van der Waals surface area contributed by atoms with E-state index in [0.29, 0.717) is 16.4 Å². The van der Waals surface area contributed by atoms with Gasteiger partial charge in [-0.3, -0.25) is 14.5 Å². The van der Waals surface area contributed by atoms with E-state index in [1.807, 2.05) is 43.3 Å². The molecule has 3 rings (SSSR count). The van der Waals surface area contributed by atoms with Gasteiger partial charge in [0.25, 0.3) is 5.91 Å². The highest BCUT2D eigenvalue weighted by atomic mass is 35.5. The summed E-state index contributed by atoms with van der Waals surface area (Å²) >= 11 is 6.16. The SMILES string of the molecule is CC(=CC(=O)N1CC(=O)Nc2ccccc21)c1ccccc1Cl.